The summed E-state index contributed by atoms with van der Waals surface area (Å²) in [4.78, 5) is 0. The van der Waals surface area contributed by atoms with E-state index < -0.39 is 10.1 Å². The summed E-state index contributed by atoms with van der Waals surface area (Å²) < 4.78 is 30.8. The summed E-state index contributed by atoms with van der Waals surface area (Å²) in [5.74, 6) is 0. The minimum atomic E-state index is -4.17. The van der Waals surface area contributed by atoms with Crippen LogP contribution in [0.2, 0.25) is 0 Å². The number of rotatable bonds is 12. The van der Waals surface area contributed by atoms with Crippen molar-refractivity contribution in [2.75, 3.05) is 0 Å². The molecule has 19 heavy (non-hydrogen) atoms. The summed E-state index contributed by atoms with van der Waals surface area (Å²) >= 11 is 0. The second kappa shape index (κ2) is 15.0. The van der Waals surface area contributed by atoms with Gasteiger partial charge in [0.05, 0.1) is 0 Å². The maximum atomic E-state index is 10.3. The molecule has 0 unspecified atom stereocenters. The second-order valence-electron chi connectivity index (χ2n) is 4.84. The minimum absolute atomic E-state index is 0. The molecule has 0 radical (unpaired) electrons. The zero-order valence-corrected chi connectivity index (χ0v) is 15.4. The SMILES string of the molecule is CCCCCCCCCCCC/C=C/S(=O)(=O)[O-].[Na+]. The van der Waals surface area contributed by atoms with Crippen molar-refractivity contribution in [1.82, 2.24) is 0 Å². The van der Waals surface area contributed by atoms with E-state index in [-0.39, 0.29) is 29.6 Å². The van der Waals surface area contributed by atoms with Crippen LogP contribution in [0.3, 0.4) is 0 Å². The van der Waals surface area contributed by atoms with Crippen molar-refractivity contribution in [2.24, 2.45) is 0 Å². The predicted octanol–water partition coefficient (Wildman–Crippen LogP) is 1.36. The molecule has 0 aliphatic rings. The van der Waals surface area contributed by atoms with Crippen LogP contribution in [0, 0.1) is 0 Å². The van der Waals surface area contributed by atoms with Gasteiger partial charge in [-0.05, 0) is 12.8 Å². The fourth-order valence-electron chi connectivity index (χ4n) is 1.94. The summed E-state index contributed by atoms with van der Waals surface area (Å²) in [5, 5.41) is 0.765. The van der Waals surface area contributed by atoms with Gasteiger partial charge in [-0.25, -0.2) is 8.42 Å². The van der Waals surface area contributed by atoms with E-state index in [1.807, 2.05) is 0 Å². The van der Waals surface area contributed by atoms with E-state index in [9.17, 15) is 13.0 Å². The molecule has 0 aromatic heterocycles. The smallest absolute Gasteiger partial charge is 0.744 e. The average molecular weight is 298 g/mol. The molecule has 0 bridgehead atoms. The van der Waals surface area contributed by atoms with Crippen LogP contribution in [-0.2, 0) is 10.1 Å². The normalized spacial score (nSPS) is 11.7. The van der Waals surface area contributed by atoms with Crippen LogP contribution in [0.5, 0.6) is 0 Å². The van der Waals surface area contributed by atoms with Crippen LogP contribution < -0.4 is 29.6 Å². The van der Waals surface area contributed by atoms with Crippen LogP contribution in [0.25, 0.3) is 0 Å². The van der Waals surface area contributed by atoms with Crippen LogP contribution in [-0.4, -0.2) is 13.0 Å². The van der Waals surface area contributed by atoms with Crippen molar-refractivity contribution in [1.29, 1.82) is 0 Å². The molecule has 0 spiro atoms. The summed E-state index contributed by atoms with van der Waals surface area (Å²) in [6, 6.07) is 0. The Morgan fingerprint density at radius 2 is 1.26 bits per heavy atom. The van der Waals surface area contributed by atoms with E-state index in [1.165, 1.54) is 57.4 Å². The Balaban J connectivity index is 0. The van der Waals surface area contributed by atoms with Gasteiger partial charge in [0.1, 0.15) is 10.1 Å². The minimum Gasteiger partial charge on any atom is -0.744 e. The molecule has 0 aliphatic heterocycles. The predicted molar refractivity (Wildman–Crippen MR) is 75.3 cm³/mol. The monoisotopic (exact) mass is 298 g/mol. The van der Waals surface area contributed by atoms with Crippen molar-refractivity contribution in [3.63, 3.8) is 0 Å². The van der Waals surface area contributed by atoms with Crippen LogP contribution in [0.1, 0.15) is 77.6 Å². The largest absolute Gasteiger partial charge is 1.00 e. The van der Waals surface area contributed by atoms with Gasteiger partial charge in [0.15, 0.2) is 0 Å². The summed E-state index contributed by atoms with van der Waals surface area (Å²) in [6.07, 6.45) is 14.8. The molecule has 5 heteroatoms. The van der Waals surface area contributed by atoms with Crippen LogP contribution in [0.15, 0.2) is 11.5 Å². The molecular weight excluding hydrogens is 271 g/mol. The van der Waals surface area contributed by atoms with Gasteiger partial charge in [0.2, 0.25) is 0 Å². The van der Waals surface area contributed by atoms with E-state index in [1.54, 1.807) is 0 Å². The molecule has 0 saturated heterocycles. The van der Waals surface area contributed by atoms with Gasteiger partial charge >= 0.3 is 29.6 Å². The van der Waals surface area contributed by atoms with Gasteiger partial charge in [-0.1, -0.05) is 70.8 Å². The van der Waals surface area contributed by atoms with Gasteiger partial charge in [0, 0.05) is 5.41 Å². The molecule has 0 rings (SSSR count). The fraction of sp³-hybridized carbons (Fsp3) is 0.857. The maximum Gasteiger partial charge on any atom is 1.00 e. The molecule has 0 amide bonds. The Kier molecular flexibility index (Phi) is 17.4. The van der Waals surface area contributed by atoms with E-state index in [4.69, 9.17) is 0 Å². The Morgan fingerprint density at radius 3 is 1.68 bits per heavy atom. The maximum absolute atomic E-state index is 10.3. The molecule has 0 heterocycles. The standard InChI is InChI=1S/C14H28O3S.Na/c1-2-3-4-5-6-7-8-9-10-11-12-13-14-18(15,16)17;/h13-14H,2-12H2,1H3,(H,15,16,17);/q;+1/p-1/b14-13+;. The van der Waals surface area contributed by atoms with Gasteiger partial charge in [-0.15, -0.1) is 0 Å². The quantitative estimate of drug-likeness (QED) is 0.310. The molecule has 0 aliphatic carbocycles. The summed E-state index contributed by atoms with van der Waals surface area (Å²) in [6.45, 7) is 2.23. The third-order valence-electron chi connectivity index (χ3n) is 2.99. The second-order valence-corrected chi connectivity index (χ2v) is 6.09. The number of hydrogen-bond acceptors (Lipinski definition) is 3. The molecule has 0 saturated carbocycles. The first kappa shape index (κ1) is 21.9. The van der Waals surface area contributed by atoms with Crippen molar-refractivity contribution in [3.05, 3.63) is 11.5 Å². The Labute approximate surface area is 141 Å². The van der Waals surface area contributed by atoms with Crippen LogP contribution >= 0.6 is 0 Å². The Hall–Kier alpha value is 0.650. The molecule has 3 nitrogen and oxygen atoms in total. The molecule has 0 atom stereocenters. The molecule has 0 aromatic rings. The van der Waals surface area contributed by atoms with E-state index in [0.717, 1.165) is 18.2 Å². The van der Waals surface area contributed by atoms with Crippen LogP contribution in [0.4, 0.5) is 0 Å². The number of unbranched alkanes of at least 4 members (excludes halogenated alkanes) is 10. The first-order valence-electron chi connectivity index (χ1n) is 7.18. The molecular formula is C14H27NaO3S. The first-order chi connectivity index (χ1) is 8.56. The van der Waals surface area contributed by atoms with Gasteiger partial charge in [-0.3, -0.25) is 0 Å². The summed E-state index contributed by atoms with van der Waals surface area (Å²) in [7, 11) is -4.17. The van der Waals surface area contributed by atoms with Gasteiger partial charge in [-0.2, -0.15) is 0 Å². The number of allylic oxidation sites excluding steroid dienone is 1. The summed E-state index contributed by atoms with van der Waals surface area (Å²) in [5.41, 5.74) is 0. The van der Waals surface area contributed by atoms with Crippen molar-refractivity contribution < 1.29 is 42.5 Å². The Bertz CT molecular complexity index is 300. The van der Waals surface area contributed by atoms with Crippen molar-refractivity contribution in [2.45, 2.75) is 77.6 Å². The zero-order valence-electron chi connectivity index (χ0n) is 12.6. The van der Waals surface area contributed by atoms with E-state index in [2.05, 4.69) is 6.92 Å². The third kappa shape index (κ3) is 21.1. The molecule has 0 aromatic carbocycles. The average Bonchev–Trinajstić information content (AvgIpc) is 2.29. The van der Waals surface area contributed by atoms with Gasteiger partial charge < -0.3 is 4.55 Å². The third-order valence-corrected chi connectivity index (χ3v) is 3.51. The van der Waals surface area contributed by atoms with Gasteiger partial charge in [0.25, 0.3) is 0 Å². The van der Waals surface area contributed by atoms with Crippen molar-refractivity contribution in [3.8, 4) is 0 Å². The van der Waals surface area contributed by atoms with E-state index >= 15 is 0 Å². The molecule has 108 valence electrons. The topological polar surface area (TPSA) is 57.2 Å². The van der Waals surface area contributed by atoms with Crippen molar-refractivity contribution >= 4 is 10.1 Å². The fourth-order valence-corrected chi connectivity index (χ4v) is 2.31. The number of hydrogen-bond donors (Lipinski definition) is 0. The first-order valence-corrected chi connectivity index (χ1v) is 8.66. The Morgan fingerprint density at radius 1 is 0.842 bits per heavy atom. The molecule has 0 fully saturated rings. The zero-order chi connectivity index (χ0) is 13.7. The molecule has 0 N–H and O–H groups in total. The van der Waals surface area contributed by atoms with E-state index in [0.29, 0.717) is 6.42 Å².